The predicted octanol–water partition coefficient (Wildman–Crippen LogP) is 4.04. The highest BCUT2D eigenvalue weighted by molar-refractivity contribution is 5.99. The molecule has 0 spiro atoms. The van der Waals surface area contributed by atoms with Crippen LogP contribution in [0.25, 0.3) is 5.69 Å². The van der Waals surface area contributed by atoms with Crippen LogP contribution in [0.1, 0.15) is 47.2 Å². The molecule has 0 atom stereocenters. The van der Waals surface area contributed by atoms with Crippen molar-refractivity contribution < 1.29 is 41.8 Å². The molecule has 1 heterocycles. The summed E-state index contributed by atoms with van der Waals surface area (Å²) in [7, 11) is 0. The van der Waals surface area contributed by atoms with Crippen LogP contribution in [-0.2, 0) is 15.7 Å². The highest BCUT2D eigenvalue weighted by atomic mass is 19.4. The Morgan fingerprint density at radius 2 is 1.67 bits per heavy atom. The maximum absolute atomic E-state index is 13.9. The number of ether oxygens (including phenoxy) is 3. The Labute approximate surface area is 222 Å². The number of alkyl halides is 3. The molecular formula is C26H27F3N4O6. The topological polar surface area (TPSA) is 112 Å². The van der Waals surface area contributed by atoms with Gasteiger partial charge in [-0.3, -0.25) is 15.0 Å². The summed E-state index contributed by atoms with van der Waals surface area (Å²) in [4.78, 5) is 37.6. The molecule has 3 aromatic rings. The molecule has 3 rings (SSSR count). The highest BCUT2D eigenvalue weighted by Crippen LogP contribution is 2.33. The van der Waals surface area contributed by atoms with E-state index in [1.807, 2.05) is 0 Å². The molecule has 0 saturated carbocycles. The van der Waals surface area contributed by atoms with Crippen LogP contribution in [0.2, 0.25) is 0 Å². The monoisotopic (exact) mass is 548 g/mol. The van der Waals surface area contributed by atoms with Gasteiger partial charge in [-0.05, 0) is 57.2 Å². The third-order valence-electron chi connectivity index (χ3n) is 5.20. The van der Waals surface area contributed by atoms with E-state index in [0.29, 0.717) is 12.4 Å². The first-order valence-electron chi connectivity index (χ1n) is 12.0. The Bertz CT molecular complexity index is 1310. The minimum atomic E-state index is -4.99. The van der Waals surface area contributed by atoms with E-state index in [9.17, 15) is 27.6 Å². The molecule has 0 radical (unpaired) electrons. The molecule has 1 aromatic heterocycles. The van der Waals surface area contributed by atoms with E-state index in [1.165, 1.54) is 37.3 Å². The van der Waals surface area contributed by atoms with Gasteiger partial charge in [0.1, 0.15) is 17.2 Å². The van der Waals surface area contributed by atoms with Gasteiger partial charge in [0, 0.05) is 18.3 Å². The van der Waals surface area contributed by atoms with Crippen LogP contribution >= 0.6 is 0 Å². The number of amides is 2. The van der Waals surface area contributed by atoms with Crippen molar-refractivity contribution in [2.75, 3.05) is 26.4 Å². The van der Waals surface area contributed by atoms with E-state index in [-0.39, 0.29) is 30.2 Å². The fraction of sp³-hybridized carbons (Fsp3) is 0.308. The van der Waals surface area contributed by atoms with Crippen LogP contribution in [0.15, 0.2) is 54.7 Å². The number of benzene rings is 2. The fourth-order valence-corrected chi connectivity index (χ4v) is 3.45. The lowest BCUT2D eigenvalue weighted by atomic mass is 10.2. The summed E-state index contributed by atoms with van der Waals surface area (Å²) in [5.41, 5.74) is 0.308. The average molecular weight is 549 g/mol. The number of carbonyl (C=O) groups is 3. The second-order valence-corrected chi connectivity index (χ2v) is 7.84. The third kappa shape index (κ3) is 7.27. The number of para-hydroxylation sites is 2. The number of hydrogen-bond acceptors (Lipinski definition) is 7. The number of aromatic nitrogens is 2. The lowest BCUT2D eigenvalue weighted by molar-refractivity contribution is -0.145. The minimum absolute atomic E-state index is 0.0388. The first-order chi connectivity index (χ1) is 18.6. The van der Waals surface area contributed by atoms with Crippen LogP contribution in [-0.4, -0.2) is 58.9 Å². The molecule has 0 aliphatic carbocycles. The van der Waals surface area contributed by atoms with Gasteiger partial charge in [0.15, 0.2) is 12.3 Å². The lowest BCUT2D eigenvalue weighted by Gasteiger charge is -2.22. The molecule has 39 heavy (non-hydrogen) atoms. The molecule has 10 nitrogen and oxygen atoms in total. The second-order valence-electron chi connectivity index (χ2n) is 7.84. The van der Waals surface area contributed by atoms with Crippen molar-refractivity contribution in [2.45, 2.75) is 26.9 Å². The molecule has 0 bridgehead atoms. The van der Waals surface area contributed by atoms with Gasteiger partial charge in [0.05, 0.1) is 18.8 Å². The number of hydrazine groups is 1. The maximum atomic E-state index is 13.9. The Kier molecular flexibility index (Phi) is 9.52. The number of esters is 1. The van der Waals surface area contributed by atoms with Gasteiger partial charge in [-0.15, -0.1) is 0 Å². The van der Waals surface area contributed by atoms with Crippen LogP contribution < -0.4 is 14.9 Å². The van der Waals surface area contributed by atoms with Crippen molar-refractivity contribution >= 4 is 17.8 Å². The number of halogens is 3. The van der Waals surface area contributed by atoms with Gasteiger partial charge in [0.25, 0.3) is 11.8 Å². The summed E-state index contributed by atoms with van der Waals surface area (Å²) in [6, 6.07) is 12.0. The van der Waals surface area contributed by atoms with E-state index >= 15 is 0 Å². The van der Waals surface area contributed by atoms with Crippen molar-refractivity contribution in [3.05, 3.63) is 71.5 Å². The molecule has 13 heteroatoms. The van der Waals surface area contributed by atoms with E-state index in [4.69, 9.17) is 14.2 Å². The quantitative estimate of drug-likeness (QED) is 0.301. The zero-order chi connectivity index (χ0) is 28.6. The molecule has 0 aliphatic rings. The fourth-order valence-electron chi connectivity index (χ4n) is 3.45. The Morgan fingerprint density at radius 3 is 2.28 bits per heavy atom. The summed E-state index contributed by atoms with van der Waals surface area (Å²) >= 11 is 0. The smallest absolute Gasteiger partial charge is 0.435 e. The van der Waals surface area contributed by atoms with E-state index in [0.717, 1.165) is 15.9 Å². The third-order valence-corrected chi connectivity index (χ3v) is 5.20. The van der Waals surface area contributed by atoms with Crippen LogP contribution in [0.3, 0.4) is 0 Å². The van der Waals surface area contributed by atoms with Crippen molar-refractivity contribution in [2.24, 2.45) is 0 Å². The molecule has 208 valence electrons. The van der Waals surface area contributed by atoms with Gasteiger partial charge in [-0.25, -0.2) is 14.5 Å². The molecule has 0 fully saturated rings. The summed E-state index contributed by atoms with van der Waals surface area (Å²) in [6.45, 7) is 4.86. The van der Waals surface area contributed by atoms with E-state index in [1.54, 1.807) is 32.0 Å². The van der Waals surface area contributed by atoms with Gasteiger partial charge >= 0.3 is 12.1 Å². The van der Waals surface area contributed by atoms with Crippen LogP contribution in [0.4, 0.5) is 13.2 Å². The van der Waals surface area contributed by atoms with Gasteiger partial charge in [-0.2, -0.15) is 18.3 Å². The van der Waals surface area contributed by atoms with Crippen molar-refractivity contribution in [1.29, 1.82) is 0 Å². The predicted molar refractivity (Wildman–Crippen MR) is 132 cm³/mol. The largest absolute Gasteiger partial charge is 0.494 e. The molecule has 0 aliphatic heterocycles. The first-order valence-corrected chi connectivity index (χ1v) is 12.0. The zero-order valence-electron chi connectivity index (χ0n) is 21.4. The number of rotatable bonds is 10. The Morgan fingerprint density at radius 1 is 0.974 bits per heavy atom. The SMILES string of the molecule is CCOC(=O)COc1ccccc1-n1cc(C(=O)N(CC)NC(=O)c2ccc(OCC)cc2)c(C(F)(F)F)n1. The highest BCUT2D eigenvalue weighted by Gasteiger charge is 2.40. The molecule has 2 aromatic carbocycles. The zero-order valence-corrected chi connectivity index (χ0v) is 21.4. The molecule has 2 amide bonds. The maximum Gasteiger partial charge on any atom is 0.435 e. The van der Waals surface area contributed by atoms with E-state index in [2.05, 4.69) is 10.5 Å². The van der Waals surface area contributed by atoms with Crippen LogP contribution in [0.5, 0.6) is 11.5 Å². The summed E-state index contributed by atoms with van der Waals surface area (Å²) < 4.78 is 58.2. The van der Waals surface area contributed by atoms with Gasteiger partial charge < -0.3 is 14.2 Å². The van der Waals surface area contributed by atoms with Crippen molar-refractivity contribution in [3.8, 4) is 17.2 Å². The number of carbonyl (C=O) groups excluding carboxylic acids is 3. The minimum Gasteiger partial charge on any atom is -0.494 e. The standard InChI is InChI=1S/C26H27F3N4O6/c1-4-32(31-24(35)17-11-13-18(14-12-17)37-5-2)25(36)19-15-33(30-23(19)26(27,28)29)20-9-7-8-10-21(20)39-16-22(34)38-6-3/h7-15H,4-6,16H2,1-3H3,(H,31,35). The Hall–Kier alpha value is -4.55. The first kappa shape index (κ1) is 29.0. The van der Waals surface area contributed by atoms with E-state index < -0.39 is 41.8 Å². The van der Waals surface area contributed by atoms with Gasteiger partial charge in [0.2, 0.25) is 0 Å². The van der Waals surface area contributed by atoms with Crippen LogP contribution in [0, 0.1) is 0 Å². The van der Waals surface area contributed by atoms with Crippen molar-refractivity contribution in [3.63, 3.8) is 0 Å². The lowest BCUT2D eigenvalue weighted by Crippen LogP contribution is -2.46. The number of nitrogens with zero attached hydrogens (tertiary/aromatic N) is 3. The number of nitrogens with one attached hydrogen (secondary N) is 1. The summed E-state index contributed by atoms with van der Waals surface area (Å²) in [5, 5.41) is 4.36. The second kappa shape index (κ2) is 12.8. The molecule has 1 N–H and O–H groups in total. The molecule has 0 saturated heterocycles. The normalized spacial score (nSPS) is 11.0. The Balaban J connectivity index is 1.90. The molecular weight excluding hydrogens is 521 g/mol. The average Bonchev–Trinajstić information content (AvgIpc) is 3.37. The van der Waals surface area contributed by atoms with Gasteiger partial charge in [-0.1, -0.05) is 12.1 Å². The van der Waals surface area contributed by atoms with Crippen molar-refractivity contribution in [1.82, 2.24) is 20.2 Å². The summed E-state index contributed by atoms with van der Waals surface area (Å²) in [5.74, 6) is -1.92. The number of hydrogen-bond donors (Lipinski definition) is 1. The molecule has 0 unspecified atom stereocenters. The summed E-state index contributed by atoms with van der Waals surface area (Å²) in [6.07, 6.45) is -4.10.